The van der Waals surface area contributed by atoms with E-state index in [4.69, 9.17) is 33.2 Å². The van der Waals surface area contributed by atoms with Crippen molar-refractivity contribution in [2.75, 3.05) is 13.2 Å². The summed E-state index contributed by atoms with van der Waals surface area (Å²) in [6.07, 6.45) is -11.2. The van der Waals surface area contributed by atoms with E-state index in [1.165, 1.54) is 25.0 Å². The number of ether oxygens (including phenoxy) is 7. The van der Waals surface area contributed by atoms with Crippen molar-refractivity contribution >= 4 is 0 Å². The van der Waals surface area contributed by atoms with Gasteiger partial charge in [0.05, 0.1) is 30.7 Å². The Balaban J connectivity index is 1.01. The average molecular weight is 869 g/mol. The fourth-order valence-electron chi connectivity index (χ4n) is 13.0. The second-order valence-corrected chi connectivity index (χ2v) is 20.4. The highest BCUT2D eigenvalue weighted by molar-refractivity contribution is 5.30. The molecule has 61 heavy (non-hydrogen) atoms. The topological polar surface area (TPSA) is 247 Å². The molecule has 6 fully saturated rings. The highest BCUT2D eigenvalue weighted by atomic mass is 16.8. The van der Waals surface area contributed by atoms with Crippen LogP contribution in [0.25, 0.3) is 0 Å². The van der Waals surface area contributed by atoms with Gasteiger partial charge in [0.1, 0.15) is 67.1 Å². The molecular formula is C45H72O16. The summed E-state index contributed by atoms with van der Waals surface area (Å²) in [4.78, 5) is 0. The molecule has 4 heterocycles. The number of allylic oxidation sites excluding steroid dienone is 2. The molecule has 3 saturated heterocycles. The number of hydrogen-bond donors (Lipinski definition) is 9. The van der Waals surface area contributed by atoms with Crippen LogP contribution in [0, 0.1) is 40.4 Å². The van der Waals surface area contributed by atoms with E-state index in [0.717, 1.165) is 50.7 Å². The first kappa shape index (κ1) is 46.2. The van der Waals surface area contributed by atoms with Crippen molar-refractivity contribution in [2.24, 2.45) is 40.4 Å². The first-order valence-corrected chi connectivity index (χ1v) is 22.9. The molecule has 0 amide bonds. The fourth-order valence-corrected chi connectivity index (χ4v) is 13.0. The summed E-state index contributed by atoms with van der Waals surface area (Å²) < 4.78 is 43.6. The maximum absolute atomic E-state index is 11.6. The van der Waals surface area contributed by atoms with Gasteiger partial charge in [0.15, 0.2) is 18.9 Å². The Kier molecular flexibility index (Phi) is 13.5. The first-order chi connectivity index (χ1) is 28.9. The molecule has 24 atom stereocenters. The largest absolute Gasteiger partial charge is 0.494 e. The third kappa shape index (κ3) is 8.09. The van der Waals surface area contributed by atoms with Crippen LogP contribution in [0.3, 0.4) is 0 Å². The van der Waals surface area contributed by atoms with Gasteiger partial charge in [0, 0.05) is 18.9 Å². The van der Waals surface area contributed by atoms with Crippen LogP contribution >= 0.6 is 0 Å². The van der Waals surface area contributed by atoms with E-state index in [-0.39, 0.29) is 35.6 Å². The molecule has 16 nitrogen and oxygen atoms in total. The molecular weight excluding hydrogens is 796 g/mol. The molecule has 8 rings (SSSR count). The summed E-state index contributed by atoms with van der Waals surface area (Å²) in [7, 11) is 0. The van der Waals surface area contributed by atoms with E-state index in [9.17, 15) is 46.0 Å². The fraction of sp³-hybridized carbons (Fsp3) is 0.911. The second-order valence-electron chi connectivity index (χ2n) is 20.4. The standard InChI is InChI=1S/C45H72O16/c1-19(17-46)7-10-28-20(2)31-29(58-28)16-27-25-9-8-23-15-24(11-13-44(23,5)26(25)12-14-45(27,31)6)57-43-40(61-42-38(54)36(52)33(49)22(4)56-42)39(34(50)30(18-47)59-43)60-41-37(53)35(51)32(48)21(3)55-41/h8,19,21-22,24-27,29-43,46-54H,7,9-18H2,1-6H3. The van der Waals surface area contributed by atoms with E-state index >= 15 is 0 Å². The smallest absolute Gasteiger partial charge is 0.187 e. The van der Waals surface area contributed by atoms with Crippen molar-refractivity contribution in [1.29, 1.82) is 0 Å². The van der Waals surface area contributed by atoms with Crippen molar-refractivity contribution in [3.63, 3.8) is 0 Å². The summed E-state index contributed by atoms with van der Waals surface area (Å²) in [5, 5.41) is 95.4. The summed E-state index contributed by atoms with van der Waals surface area (Å²) in [5.41, 5.74) is 2.86. The Labute approximate surface area is 358 Å². The zero-order valence-electron chi connectivity index (χ0n) is 36.4. The van der Waals surface area contributed by atoms with Gasteiger partial charge in [-0.05, 0) is 112 Å². The molecule has 4 aliphatic carbocycles. The van der Waals surface area contributed by atoms with Gasteiger partial charge >= 0.3 is 0 Å². The van der Waals surface area contributed by atoms with Crippen LogP contribution in [0.1, 0.15) is 99.3 Å². The zero-order valence-corrected chi connectivity index (χ0v) is 36.4. The minimum Gasteiger partial charge on any atom is -0.494 e. The highest BCUT2D eigenvalue weighted by Crippen LogP contribution is 2.69. The second kappa shape index (κ2) is 17.8. The Hall–Kier alpha value is -1.32. The number of aliphatic hydroxyl groups excluding tert-OH is 9. The lowest BCUT2D eigenvalue weighted by Crippen LogP contribution is -2.67. The molecule has 0 aromatic rings. The molecule has 0 bridgehead atoms. The highest BCUT2D eigenvalue weighted by Gasteiger charge is 2.64. The van der Waals surface area contributed by atoms with Gasteiger partial charge in [-0.3, -0.25) is 0 Å². The Morgan fingerprint density at radius 2 is 1.39 bits per heavy atom. The zero-order chi connectivity index (χ0) is 43.9. The molecule has 0 aromatic carbocycles. The molecule has 8 aliphatic rings. The van der Waals surface area contributed by atoms with Gasteiger partial charge in [-0.1, -0.05) is 32.4 Å². The summed E-state index contributed by atoms with van der Waals surface area (Å²) in [6, 6.07) is 0. The Morgan fingerprint density at radius 3 is 2.02 bits per heavy atom. The third-order valence-electron chi connectivity index (χ3n) is 16.8. The van der Waals surface area contributed by atoms with Crippen LogP contribution in [0.5, 0.6) is 0 Å². The molecule has 24 unspecified atom stereocenters. The first-order valence-electron chi connectivity index (χ1n) is 22.9. The number of fused-ring (bicyclic) bond motifs is 7. The van der Waals surface area contributed by atoms with E-state index in [1.54, 1.807) is 0 Å². The van der Waals surface area contributed by atoms with Crippen LogP contribution in [-0.4, -0.2) is 163 Å². The van der Waals surface area contributed by atoms with Crippen LogP contribution < -0.4 is 0 Å². The van der Waals surface area contributed by atoms with Crippen LogP contribution in [0.15, 0.2) is 23.0 Å². The predicted molar refractivity (Wildman–Crippen MR) is 215 cm³/mol. The van der Waals surface area contributed by atoms with Crippen LogP contribution in [0.4, 0.5) is 0 Å². The number of aliphatic hydroxyl groups is 9. The molecule has 0 radical (unpaired) electrons. The van der Waals surface area contributed by atoms with Gasteiger partial charge in [0.2, 0.25) is 0 Å². The lowest BCUT2D eigenvalue weighted by molar-refractivity contribution is -0.393. The molecule has 348 valence electrons. The normalized spacial score (nSPS) is 52.7. The van der Waals surface area contributed by atoms with E-state index in [2.05, 4.69) is 33.8 Å². The molecule has 4 aliphatic heterocycles. The summed E-state index contributed by atoms with van der Waals surface area (Å²) in [5.74, 6) is 3.39. The van der Waals surface area contributed by atoms with Crippen molar-refractivity contribution in [3.8, 4) is 0 Å². The van der Waals surface area contributed by atoms with Crippen molar-refractivity contribution < 1.29 is 79.1 Å². The molecule has 3 saturated carbocycles. The van der Waals surface area contributed by atoms with Crippen LogP contribution in [-0.2, 0) is 33.2 Å². The molecule has 16 heteroatoms. The van der Waals surface area contributed by atoms with Gasteiger partial charge in [0.25, 0.3) is 0 Å². The summed E-state index contributed by atoms with van der Waals surface area (Å²) >= 11 is 0. The minimum absolute atomic E-state index is 0.0400. The Bertz CT molecular complexity index is 1610. The molecule has 0 aromatic heterocycles. The lowest BCUT2D eigenvalue weighted by atomic mass is 9.47. The van der Waals surface area contributed by atoms with Gasteiger partial charge in [-0.15, -0.1) is 0 Å². The maximum Gasteiger partial charge on any atom is 0.187 e. The van der Waals surface area contributed by atoms with Crippen molar-refractivity contribution in [1.82, 2.24) is 0 Å². The van der Waals surface area contributed by atoms with E-state index < -0.39 is 98.7 Å². The third-order valence-corrected chi connectivity index (χ3v) is 16.8. The molecule has 9 N–H and O–H groups in total. The number of rotatable bonds is 11. The minimum atomic E-state index is -1.74. The average Bonchev–Trinajstić information content (AvgIpc) is 3.73. The monoisotopic (exact) mass is 868 g/mol. The van der Waals surface area contributed by atoms with Crippen molar-refractivity contribution in [3.05, 3.63) is 23.0 Å². The van der Waals surface area contributed by atoms with Gasteiger partial charge in [-0.25, -0.2) is 0 Å². The van der Waals surface area contributed by atoms with E-state index in [0.29, 0.717) is 36.5 Å². The summed E-state index contributed by atoms with van der Waals surface area (Å²) in [6.45, 7) is 11.8. The predicted octanol–water partition coefficient (Wildman–Crippen LogP) is 1.15. The SMILES string of the molecule is CC1=C(CCC(C)CO)OC2CC3C4CC=C5CC(OC6OC(CO)C(O)C(OC7OC(C)C(O)C(O)C7O)C6OC6OC(C)C(O)C(O)C6O)CCC5(C)C4CCC3(C)C12. The van der Waals surface area contributed by atoms with E-state index in [1.807, 2.05) is 0 Å². The van der Waals surface area contributed by atoms with Crippen LogP contribution in [0.2, 0.25) is 0 Å². The lowest BCUT2D eigenvalue weighted by Gasteiger charge is -2.58. The van der Waals surface area contributed by atoms with Gasteiger partial charge in [-0.2, -0.15) is 0 Å². The number of hydrogen-bond acceptors (Lipinski definition) is 16. The Morgan fingerprint density at radius 1 is 0.754 bits per heavy atom. The van der Waals surface area contributed by atoms with Gasteiger partial charge < -0.3 is 79.1 Å². The quantitative estimate of drug-likeness (QED) is 0.132. The van der Waals surface area contributed by atoms with Crippen molar-refractivity contribution in [2.45, 2.75) is 204 Å². The molecule has 0 spiro atoms. The maximum atomic E-state index is 11.6.